The number of fused-ring (bicyclic) bond motifs is 1. The molecule has 1 fully saturated rings. The van der Waals surface area contributed by atoms with Gasteiger partial charge in [-0.1, -0.05) is 24.3 Å². The first-order valence-corrected chi connectivity index (χ1v) is 4.73. The molecule has 0 aromatic carbocycles. The second-order valence-corrected chi connectivity index (χ2v) is 4.06. The molecular formula is C11H16O. The Kier molecular flexibility index (Phi) is 1.84. The van der Waals surface area contributed by atoms with E-state index < -0.39 is 0 Å². The highest BCUT2D eigenvalue weighted by Gasteiger charge is 2.50. The first-order chi connectivity index (χ1) is 5.71. The van der Waals surface area contributed by atoms with Gasteiger partial charge in [0.1, 0.15) is 0 Å². The van der Waals surface area contributed by atoms with E-state index in [4.69, 9.17) is 4.74 Å². The Morgan fingerprint density at radius 2 is 2.50 bits per heavy atom. The number of epoxide rings is 1. The summed E-state index contributed by atoms with van der Waals surface area (Å²) in [4.78, 5) is 0. The number of allylic oxidation sites excluding steroid dienone is 3. The average Bonchev–Trinajstić information content (AvgIpc) is 2.67. The SMILES string of the molecule is C=C1/C=C\CC[C@@]2(C)OC2CC1. The fourth-order valence-corrected chi connectivity index (χ4v) is 1.89. The molecule has 0 amide bonds. The Labute approximate surface area is 74.1 Å². The van der Waals surface area contributed by atoms with Crippen molar-refractivity contribution in [3.63, 3.8) is 0 Å². The molecule has 0 radical (unpaired) electrons. The van der Waals surface area contributed by atoms with Gasteiger partial charge in [0.25, 0.3) is 0 Å². The van der Waals surface area contributed by atoms with Crippen LogP contribution in [0, 0.1) is 0 Å². The van der Waals surface area contributed by atoms with Gasteiger partial charge in [0.15, 0.2) is 0 Å². The van der Waals surface area contributed by atoms with Gasteiger partial charge >= 0.3 is 0 Å². The van der Waals surface area contributed by atoms with Gasteiger partial charge in [0.05, 0.1) is 11.7 Å². The third-order valence-corrected chi connectivity index (χ3v) is 2.92. The van der Waals surface area contributed by atoms with Crippen LogP contribution in [0.25, 0.3) is 0 Å². The fourth-order valence-electron chi connectivity index (χ4n) is 1.89. The van der Waals surface area contributed by atoms with E-state index in [1.165, 1.54) is 12.0 Å². The van der Waals surface area contributed by atoms with Gasteiger partial charge < -0.3 is 4.74 Å². The molecule has 0 N–H and O–H groups in total. The maximum Gasteiger partial charge on any atom is 0.0923 e. The Morgan fingerprint density at radius 3 is 3.33 bits per heavy atom. The summed E-state index contributed by atoms with van der Waals surface area (Å²) in [6, 6.07) is 0. The smallest absolute Gasteiger partial charge is 0.0923 e. The summed E-state index contributed by atoms with van der Waals surface area (Å²) in [6.45, 7) is 6.21. The number of hydrogen-bond acceptors (Lipinski definition) is 1. The Hall–Kier alpha value is -0.560. The average molecular weight is 164 g/mol. The first kappa shape index (κ1) is 8.06. The summed E-state index contributed by atoms with van der Waals surface area (Å²) in [7, 11) is 0. The van der Waals surface area contributed by atoms with Crippen LogP contribution in [0.4, 0.5) is 0 Å². The van der Waals surface area contributed by atoms with Crippen molar-refractivity contribution in [2.75, 3.05) is 0 Å². The Balaban J connectivity index is 2.02. The van der Waals surface area contributed by atoms with E-state index in [0.29, 0.717) is 6.10 Å². The minimum Gasteiger partial charge on any atom is -0.366 e. The highest BCUT2D eigenvalue weighted by molar-refractivity contribution is 5.17. The van der Waals surface area contributed by atoms with Gasteiger partial charge in [-0.2, -0.15) is 0 Å². The molecule has 1 heteroatoms. The molecule has 1 aliphatic heterocycles. The van der Waals surface area contributed by atoms with Crippen LogP contribution in [0.1, 0.15) is 32.6 Å². The normalized spacial score (nSPS) is 43.8. The molecule has 12 heavy (non-hydrogen) atoms. The van der Waals surface area contributed by atoms with Crippen LogP contribution in [0.2, 0.25) is 0 Å². The molecule has 0 saturated carbocycles. The molecule has 2 rings (SSSR count). The molecule has 1 heterocycles. The maximum atomic E-state index is 5.65. The molecule has 0 aromatic heterocycles. The predicted octanol–water partition coefficient (Wildman–Crippen LogP) is 2.83. The molecular weight excluding hydrogens is 148 g/mol. The van der Waals surface area contributed by atoms with Crippen LogP contribution >= 0.6 is 0 Å². The minimum atomic E-state index is 0.203. The van der Waals surface area contributed by atoms with Crippen LogP contribution in [-0.4, -0.2) is 11.7 Å². The van der Waals surface area contributed by atoms with Crippen LogP contribution in [0.3, 0.4) is 0 Å². The first-order valence-electron chi connectivity index (χ1n) is 4.73. The van der Waals surface area contributed by atoms with Crippen molar-refractivity contribution in [2.24, 2.45) is 0 Å². The zero-order valence-corrected chi connectivity index (χ0v) is 7.68. The van der Waals surface area contributed by atoms with E-state index in [1.807, 2.05) is 0 Å². The Morgan fingerprint density at radius 1 is 1.67 bits per heavy atom. The lowest BCUT2D eigenvalue weighted by atomic mass is 9.99. The highest BCUT2D eigenvalue weighted by atomic mass is 16.6. The monoisotopic (exact) mass is 164 g/mol. The van der Waals surface area contributed by atoms with Gasteiger partial charge in [-0.25, -0.2) is 0 Å². The fraction of sp³-hybridized carbons (Fsp3) is 0.636. The van der Waals surface area contributed by atoms with E-state index in [0.717, 1.165) is 19.3 Å². The lowest BCUT2D eigenvalue weighted by molar-refractivity contribution is 0.295. The second kappa shape index (κ2) is 2.74. The summed E-state index contributed by atoms with van der Waals surface area (Å²) in [6.07, 6.45) is 9.43. The molecule has 0 aromatic rings. The molecule has 2 atom stereocenters. The lowest BCUT2D eigenvalue weighted by Crippen LogP contribution is -2.08. The van der Waals surface area contributed by atoms with Crippen molar-refractivity contribution >= 4 is 0 Å². The molecule has 2 aliphatic rings. The molecule has 1 nitrogen and oxygen atoms in total. The van der Waals surface area contributed by atoms with Crippen molar-refractivity contribution in [1.82, 2.24) is 0 Å². The summed E-state index contributed by atoms with van der Waals surface area (Å²) in [5.74, 6) is 0. The molecule has 1 aliphatic carbocycles. The highest BCUT2D eigenvalue weighted by Crippen LogP contribution is 2.44. The minimum absolute atomic E-state index is 0.203. The van der Waals surface area contributed by atoms with E-state index >= 15 is 0 Å². The zero-order valence-electron chi connectivity index (χ0n) is 7.68. The van der Waals surface area contributed by atoms with Crippen molar-refractivity contribution in [3.05, 3.63) is 24.3 Å². The molecule has 1 saturated heterocycles. The van der Waals surface area contributed by atoms with Gasteiger partial charge in [0.2, 0.25) is 0 Å². The number of ether oxygens (including phenoxy) is 1. The van der Waals surface area contributed by atoms with Crippen LogP contribution in [0.5, 0.6) is 0 Å². The third-order valence-electron chi connectivity index (χ3n) is 2.92. The molecule has 66 valence electrons. The van der Waals surface area contributed by atoms with E-state index in [9.17, 15) is 0 Å². The quantitative estimate of drug-likeness (QED) is 0.501. The summed E-state index contributed by atoms with van der Waals surface area (Å²) < 4.78 is 5.65. The second-order valence-electron chi connectivity index (χ2n) is 4.06. The third kappa shape index (κ3) is 1.46. The maximum absolute atomic E-state index is 5.65. The van der Waals surface area contributed by atoms with Crippen molar-refractivity contribution < 1.29 is 4.74 Å². The van der Waals surface area contributed by atoms with Crippen LogP contribution in [-0.2, 0) is 4.74 Å². The predicted molar refractivity (Wildman–Crippen MR) is 50.0 cm³/mol. The van der Waals surface area contributed by atoms with Gasteiger partial charge in [-0.3, -0.25) is 0 Å². The Bertz CT molecular complexity index is 229. The van der Waals surface area contributed by atoms with E-state index in [2.05, 4.69) is 25.7 Å². The largest absolute Gasteiger partial charge is 0.366 e. The van der Waals surface area contributed by atoms with Gasteiger partial charge in [-0.15, -0.1) is 0 Å². The molecule has 0 spiro atoms. The summed E-state index contributed by atoms with van der Waals surface area (Å²) >= 11 is 0. The number of hydrogen-bond donors (Lipinski definition) is 0. The van der Waals surface area contributed by atoms with Gasteiger partial charge in [0, 0.05) is 0 Å². The molecule has 0 bridgehead atoms. The van der Waals surface area contributed by atoms with Crippen molar-refractivity contribution in [3.8, 4) is 0 Å². The topological polar surface area (TPSA) is 12.5 Å². The van der Waals surface area contributed by atoms with Crippen molar-refractivity contribution in [2.45, 2.75) is 44.3 Å². The standard InChI is InChI=1S/C11H16O/c1-9-5-3-4-8-11(2)10(12-11)7-6-9/h3,5,10H,1,4,6-8H2,2H3/b5-3-/t10?,11-/m1/s1. The van der Waals surface area contributed by atoms with E-state index in [-0.39, 0.29) is 5.60 Å². The molecule has 1 unspecified atom stereocenters. The van der Waals surface area contributed by atoms with Crippen LogP contribution < -0.4 is 0 Å². The van der Waals surface area contributed by atoms with E-state index in [1.54, 1.807) is 0 Å². The summed E-state index contributed by atoms with van der Waals surface area (Å²) in [5.41, 5.74) is 1.45. The van der Waals surface area contributed by atoms with Crippen LogP contribution in [0.15, 0.2) is 24.3 Å². The lowest BCUT2D eigenvalue weighted by Gasteiger charge is -2.01. The van der Waals surface area contributed by atoms with Crippen molar-refractivity contribution in [1.29, 1.82) is 0 Å². The summed E-state index contributed by atoms with van der Waals surface area (Å²) in [5, 5.41) is 0. The zero-order chi connectivity index (χ0) is 8.60. The number of rotatable bonds is 0. The van der Waals surface area contributed by atoms with Gasteiger partial charge in [-0.05, 0) is 32.6 Å².